The van der Waals surface area contributed by atoms with Crippen molar-refractivity contribution < 1.29 is 19.4 Å². The number of carbonyl (C=O) groups is 1. The van der Waals surface area contributed by atoms with Gasteiger partial charge in [-0.25, -0.2) is 4.79 Å². The first kappa shape index (κ1) is 14.3. The standard InChI is InChI=1S/C13H19NO4/c1-4-18-9(2)8-14-12-7-10(17-3)5-6-11(12)13(15)16/h5-7,9,14H,4,8H2,1-3H3,(H,15,16). The van der Waals surface area contributed by atoms with E-state index in [2.05, 4.69) is 5.32 Å². The predicted octanol–water partition coefficient (Wildman–Crippen LogP) is 2.23. The van der Waals surface area contributed by atoms with Crippen LogP contribution in [0.2, 0.25) is 0 Å². The lowest BCUT2D eigenvalue weighted by molar-refractivity contribution is 0.0696. The zero-order valence-corrected chi connectivity index (χ0v) is 10.9. The number of ether oxygens (including phenoxy) is 2. The summed E-state index contributed by atoms with van der Waals surface area (Å²) in [7, 11) is 1.54. The van der Waals surface area contributed by atoms with Crippen molar-refractivity contribution in [2.24, 2.45) is 0 Å². The Labute approximate surface area is 107 Å². The molecule has 2 N–H and O–H groups in total. The molecule has 0 amide bonds. The van der Waals surface area contributed by atoms with Crippen molar-refractivity contribution in [1.29, 1.82) is 0 Å². The van der Waals surface area contributed by atoms with Gasteiger partial charge in [-0.2, -0.15) is 0 Å². The molecule has 18 heavy (non-hydrogen) atoms. The molecule has 0 bridgehead atoms. The van der Waals surface area contributed by atoms with Crippen molar-refractivity contribution in [3.05, 3.63) is 23.8 Å². The fraction of sp³-hybridized carbons (Fsp3) is 0.462. The fourth-order valence-electron chi connectivity index (χ4n) is 1.58. The van der Waals surface area contributed by atoms with E-state index in [0.29, 0.717) is 24.6 Å². The normalized spacial score (nSPS) is 11.9. The second-order valence-electron chi connectivity index (χ2n) is 3.86. The quantitative estimate of drug-likeness (QED) is 0.780. The van der Waals surface area contributed by atoms with Crippen molar-refractivity contribution >= 4 is 11.7 Å². The van der Waals surface area contributed by atoms with Gasteiger partial charge in [0, 0.05) is 19.2 Å². The third-order valence-corrected chi connectivity index (χ3v) is 2.49. The first-order valence-corrected chi connectivity index (χ1v) is 5.85. The number of carboxylic acid groups (broad SMARTS) is 1. The highest BCUT2D eigenvalue weighted by Gasteiger charge is 2.11. The molecule has 1 atom stereocenters. The Morgan fingerprint density at radius 1 is 1.50 bits per heavy atom. The van der Waals surface area contributed by atoms with Crippen LogP contribution in [0.3, 0.4) is 0 Å². The Kier molecular flexibility index (Phi) is 5.45. The molecule has 0 aliphatic carbocycles. The van der Waals surface area contributed by atoms with Crippen LogP contribution < -0.4 is 10.1 Å². The second-order valence-corrected chi connectivity index (χ2v) is 3.86. The SMILES string of the molecule is CCOC(C)CNc1cc(OC)ccc1C(=O)O. The largest absolute Gasteiger partial charge is 0.497 e. The zero-order chi connectivity index (χ0) is 13.5. The lowest BCUT2D eigenvalue weighted by Crippen LogP contribution is -2.20. The van der Waals surface area contributed by atoms with Gasteiger partial charge in [-0.1, -0.05) is 0 Å². The molecule has 0 heterocycles. The number of nitrogens with one attached hydrogen (secondary N) is 1. The van der Waals surface area contributed by atoms with Crippen LogP contribution >= 0.6 is 0 Å². The monoisotopic (exact) mass is 253 g/mol. The van der Waals surface area contributed by atoms with Gasteiger partial charge in [-0.15, -0.1) is 0 Å². The maximum absolute atomic E-state index is 11.1. The average molecular weight is 253 g/mol. The molecule has 1 aromatic rings. The zero-order valence-electron chi connectivity index (χ0n) is 10.9. The van der Waals surface area contributed by atoms with Crippen LogP contribution in [0, 0.1) is 0 Å². The van der Waals surface area contributed by atoms with Crippen LogP contribution in [-0.2, 0) is 4.74 Å². The van der Waals surface area contributed by atoms with Gasteiger partial charge >= 0.3 is 5.97 Å². The molecule has 1 rings (SSSR count). The van der Waals surface area contributed by atoms with Crippen LogP contribution in [0.5, 0.6) is 5.75 Å². The molecule has 5 nitrogen and oxygen atoms in total. The Morgan fingerprint density at radius 3 is 2.78 bits per heavy atom. The maximum Gasteiger partial charge on any atom is 0.337 e. The van der Waals surface area contributed by atoms with Gasteiger partial charge in [-0.3, -0.25) is 0 Å². The van der Waals surface area contributed by atoms with Crippen LogP contribution in [0.15, 0.2) is 18.2 Å². The fourth-order valence-corrected chi connectivity index (χ4v) is 1.58. The lowest BCUT2D eigenvalue weighted by Gasteiger charge is -2.15. The highest BCUT2D eigenvalue weighted by Crippen LogP contribution is 2.22. The first-order valence-electron chi connectivity index (χ1n) is 5.85. The lowest BCUT2D eigenvalue weighted by atomic mass is 10.1. The van der Waals surface area contributed by atoms with E-state index < -0.39 is 5.97 Å². The van der Waals surface area contributed by atoms with Gasteiger partial charge in [0.2, 0.25) is 0 Å². The molecule has 0 fully saturated rings. The van der Waals surface area contributed by atoms with Crippen LogP contribution in [0.1, 0.15) is 24.2 Å². The summed E-state index contributed by atoms with van der Waals surface area (Å²) in [6.07, 6.45) is 0.0165. The van der Waals surface area contributed by atoms with Gasteiger partial charge < -0.3 is 19.9 Å². The van der Waals surface area contributed by atoms with E-state index in [-0.39, 0.29) is 11.7 Å². The van der Waals surface area contributed by atoms with Crippen molar-refractivity contribution in [2.75, 3.05) is 25.6 Å². The van der Waals surface area contributed by atoms with Gasteiger partial charge in [-0.05, 0) is 26.0 Å². The third kappa shape index (κ3) is 3.92. The molecular formula is C13H19NO4. The number of carboxylic acids is 1. The molecule has 0 saturated carbocycles. The van der Waals surface area contributed by atoms with E-state index in [0.717, 1.165) is 0 Å². The summed E-state index contributed by atoms with van der Waals surface area (Å²) in [5.74, 6) is -0.351. The highest BCUT2D eigenvalue weighted by atomic mass is 16.5. The van der Waals surface area contributed by atoms with E-state index in [4.69, 9.17) is 14.6 Å². The molecule has 0 aliphatic rings. The number of benzene rings is 1. The number of rotatable bonds is 7. The summed E-state index contributed by atoms with van der Waals surface area (Å²) in [6.45, 7) is 5.02. The van der Waals surface area contributed by atoms with Gasteiger partial charge in [0.05, 0.1) is 24.5 Å². The number of anilines is 1. The Bertz CT molecular complexity index is 406. The summed E-state index contributed by atoms with van der Waals surface area (Å²) < 4.78 is 10.5. The van der Waals surface area contributed by atoms with Crippen molar-refractivity contribution in [1.82, 2.24) is 0 Å². The molecule has 0 saturated heterocycles. The summed E-state index contributed by atoms with van der Waals surface area (Å²) in [4.78, 5) is 11.1. The highest BCUT2D eigenvalue weighted by molar-refractivity contribution is 5.94. The topological polar surface area (TPSA) is 67.8 Å². The molecule has 1 unspecified atom stereocenters. The summed E-state index contributed by atoms with van der Waals surface area (Å²) in [5, 5.41) is 12.2. The van der Waals surface area contributed by atoms with Crippen molar-refractivity contribution in [2.45, 2.75) is 20.0 Å². The molecule has 0 aromatic heterocycles. The Morgan fingerprint density at radius 2 is 2.22 bits per heavy atom. The minimum Gasteiger partial charge on any atom is -0.497 e. The average Bonchev–Trinajstić information content (AvgIpc) is 2.36. The number of hydrogen-bond donors (Lipinski definition) is 2. The summed E-state index contributed by atoms with van der Waals surface area (Å²) >= 11 is 0. The Hall–Kier alpha value is -1.75. The predicted molar refractivity (Wildman–Crippen MR) is 69.5 cm³/mol. The van der Waals surface area contributed by atoms with Crippen molar-refractivity contribution in [3.8, 4) is 5.75 Å². The first-order chi connectivity index (χ1) is 8.58. The molecule has 0 aliphatic heterocycles. The minimum absolute atomic E-state index is 0.0165. The molecule has 1 aromatic carbocycles. The maximum atomic E-state index is 11.1. The second kappa shape index (κ2) is 6.86. The van der Waals surface area contributed by atoms with Crippen LogP contribution in [0.4, 0.5) is 5.69 Å². The number of hydrogen-bond acceptors (Lipinski definition) is 4. The minimum atomic E-state index is -0.968. The molecule has 0 spiro atoms. The summed E-state index contributed by atoms with van der Waals surface area (Å²) in [5.41, 5.74) is 0.757. The van der Waals surface area contributed by atoms with Crippen molar-refractivity contribution in [3.63, 3.8) is 0 Å². The molecule has 0 radical (unpaired) electrons. The van der Waals surface area contributed by atoms with Crippen LogP contribution in [0.25, 0.3) is 0 Å². The van der Waals surface area contributed by atoms with Crippen LogP contribution in [-0.4, -0.2) is 37.4 Å². The van der Waals surface area contributed by atoms with E-state index in [1.165, 1.54) is 6.07 Å². The van der Waals surface area contributed by atoms with Gasteiger partial charge in [0.15, 0.2) is 0 Å². The van der Waals surface area contributed by atoms with Gasteiger partial charge in [0.25, 0.3) is 0 Å². The smallest absolute Gasteiger partial charge is 0.337 e. The Balaban J connectivity index is 2.80. The molecular weight excluding hydrogens is 234 g/mol. The summed E-state index contributed by atoms with van der Waals surface area (Å²) in [6, 6.07) is 4.82. The van der Waals surface area contributed by atoms with E-state index in [9.17, 15) is 4.79 Å². The van der Waals surface area contributed by atoms with E-state index in [1.54, 1.807) is 19.2 Å². The van der Waals surface area contributed by atoms with Gasteiger partial charge in [0.1, 0.15) is 5.75 Å². The molecule has 5 heteroatoms. The molecule has 100 valence electrons. The third-order valence-electron chi connectivity index (χ3n) is 2.49. The number of methoxy groups -OCH3 is 1. The number of aromatic carboxylic acids is 1. The van der Waals surface area contributed by atoms with E-state index >= 15 is 0 Å². The van der Waals surface area contributed by atoms with E-state index in [1.807, 2.05) is 13.8 Å².